The third kappa shape index (κ3) is 4.97. The first-order valence-electron chi connectivity index (χ1n) is 19.3. The Hall–Kier alpha value is -5.40. The summed E-state index contributed by atoms with van der Waals surface area (Å²) in [6, 6.07) is 57.2. The fraction of sp³-hybridized carbons (Fsp3) is 0.216. The molecule has 3 unspecified atom stereocenters. The fourth-order valence-corrected chi connectivity index (χ4v) is 10.2. The van der Waals surface area contributed by atoms with Crippen LogP contribution in [0.2, 0.25) is 0 Å². The van der Waals surface area contributed by atoms with Crippen LogP contribution >= 0.6 is 0 Å². The van der Waals surface area contributed by atoms with Crippen LogP contribution in [0, 0.1) is 18.8 Å². The average molecular weight is 672 g/mol. The first kappa shape index (κ1) is 31.3. The Kier molecular flexibility index (Phi) is 7.29. The molecule has 254 valence electrons. The molecule has 0 heterocycles. The normalized spacial score (nSPS) is 19.5. The van der Waals surface area contributed by atoms with Crippen LogP contribution in [-0.4, -0.2) is 0 Å². The Morgan fingerprint density at radius 2 is 1.25 bits per heavy atom. The van der Waals surface area contributed by atoms with Gasteiger partial charge in [-0.15, -0.1) is 0 Å². The van der Waals surface area contributed by atoms with E-state index in [1.54, 1.807) is 0 Å². The van der Waals surface area contributed by atoms with E-state index >= 15 is 0 Å². The highest BCUT2D eigenvalue weighted by Crippen LogP contribution is 2.55. The Balaban J connectivity index is 1.18. The first-order valence-corrected chi connectivity index (χ1v) is 19.3. The van der Waals surface area contributed by atoms with Gasteiger partial charge in [0, 0.05) is 22.4 Å². The number of aryl methyl sites for hydroxylation is 1. The molecule has 0 amide bonds. The largest absolute Gasteiger partial charge is 0.310 e. The molecule has 1 heteroatoms. The summed E-state index contributed by atoms with van der Waals surface area (Å²) in [5.41, 5.74) is 16.8. The van der Waals surface area contributed by atoms with Crippen molar-refractivity contribution in [1.82, 2.24) is 0 Å². The molecule has 3 aliphatic rings. The Morgan fingerprint density at radius 3 is 2.00 bits per heavy atom. The number of benzene rings is 7. The lowest BCUT2D eigenvalue weighted by molar-refractivity contribution is 0.420. The molecule has 7 aromatic rings. The van der Waals surface area contributed by atoms with E-state index in [2.05, 4.69) is 177 Å². The second-order valence-electron chi connectivity index (χ2n) is 16.2. The SMILES string of the molecule is Cc1ccccc1-c1cc2ccccc2cc1N(c1ccc(C2CC3CCC2C3)cc1)c1ccc2c(c1)C(C)(C)c1cccc(-c3ccccc3)c1-2. The summed E-state index contributed by atoms with van der Waals surface area (Å²) in [5.74, 6) is 2.51. The van der Waals surface area contributed by atoms with Crippen LogP contribution in [0.25, 0.3) is 44.2 Å². The maximum absolute atomic E-state index is 2.54. The van der Waals surface area contributed by atoms with Crippen molar-refractivity contribution in [2.45, 2.75) is 57.8 Å². The van der Waals surface area contributed by atoms with E-state index in [9.17, 15) is 0 Å². The summed E-state index contributed by atoms with van der Waals surface area (Å²) < 4.78 is 0. The van der Waals surface area contributed by atoms with Crippen molar-refractivity contribution in [3.8, 4) is 33.4 Å². The third-order valence-electron chi connectivity index (χ3n) is 12.9. The maximum atomic E-state index is 2.54. The number of hydrogen-bond acceptors (Lipinski definition) is 1. The molecule has 2 saturated carbocycles. The van der Waals surface area contributed by atoms with Crippen LogP contribution in [0.3, 0.4) is 0 Å². The molecule has 2 bridgehead atoms. The van der Waals surface area contributed by atoms with Crippen LogP contribution < -0.4 is 4.90 Å². The van der Waals surface area contributed by atoms with Crippen LogP contribution in [0.5, 0.6) is 0 Å². The zero-order chi connectivity index (χ0) is 35.0. The van der Waals surface area contributed by atoms with Gasteiger partial charge in [0.25, 0.3) is 0 Å². The van der Waals surface area contributed by atoms with Crippen LogP contribution in [-0.2, 0) is 5.41 Å². The number of fused-ring (bicyclic) bond motifs is 6. The minimum atomic E-state index is -0.148. The van der Waals surface area contributed by atoms with E-state index in [-0.39, 0.29) is 5.41 Å². The standard InChI is InChI=1S/C51H45N/c1-33-12-7-10-17-42(33)46-30-37-15-8-9-16-38(37)31-49(46)52(40-24-22-36(23-25-40)45-29-34-20-21-39(45)28-34)41-26-27-44-48(32-41)51(2,3)47-19-11-18-43(50(44)47)35-13-5-4-6-14-35/h4-19,22-27,30-32,34,39,45H,20-21,28-29H2,1-3H3. The van der Waals surface area contributed by atoms with Crippen LogP contribution in [0.1, 0.15) is 67.7 Å². The minimum Gasteiger partial charge on any atom is -0.310 e. The van der Waals surface area contributed by atoms with Crippen molar-refractivity contribution >= 4 is 27.8 Å². The lowest BCUT2D eigenvalue weighted by atomic mass is 9.81. The summed E-state index contributed by atoms with van der Waals surface area (Å²) >= 11 is 0. The Bertz CT molecular complexity index is 2470. The molecule has 2 fully saturated rings. The van der Waals surface area contributed by atoms with Crippen molar-refractivity contribution in [2.75, 3.05) is 4.90 Å². The highest BCUT2D eigenvalue weighted by molar-refractivity contribution is 6.00. The number of anilines is 3. The molecule has 0 N–H and O–H groups in total. The van der Waals surface area contributed by atoms with Crippen molar-refractivity contribution in [2.24, 2.45) is 11.8 Å². The molecule has 0 aromatic heterocycles. The topological polar surface area (TPSA) is 3.24 Å². The molecule has 3 aliphatic carbocycles. The molecule has 0 radical (unpaired) electrons. The van der Waals surface area contributed by atoms with E-state index < -0.39 is 0 Å². The second-order valence-corrected chi connectivity index (χ2v) is 16.2. The minimum absolute atomic E-state index is 0.148. The molecule has 1 nitrogen and oxygen atoms in total. The molecular formula is C51H45N. The highest BCUT2D eigenvalue weighted by Gasteiger charge is 2.40. The molecule has 0 aliphatic heterocycles. The summed E-state index contributed by atoms with van der Waals surface area (Å²) in [6.45, 7) is 7.04. The predicted octanol–water partition coefficient (Wildman–Crippen LogP) is 14.2. The zero-order valence-electron chi connectivity index (χ0n) is 30.4. The number of hydrogen-bond donors (Lipinski definition) is 0. The molecule has 52 heavy (non-hydrogen) atoms. The van der Waals surface area contributed by atoms with Crippen LogP contribution in [0.4, 0.5) is 17.1 Å². The number of rotatable bonds is 6. The van der Waals surface area contributed by atoms with Crippen molar-refractivity contribution in [3.05, 3.63) is 174 Å². The van der Waals surface area contributed by atoms with Gasteiger partial charge in [-0.1, -0.05) is 136 Å². The van der Waals surface area contributed by atoms with E-state index in [4.69, 9.17) is 0 Å². The van der Waals surface area contributed by atoms with Crippen LogP contribution in [0.15, 0.2) is 152 Å². The van der Waals surface area contributed by atoms with Gasteiger partial charge >= 0.3 is 0 Å². The highest BCUT2D eigenvalue weighted by atomic mass is 15.1. The predicted molar refractivity (Wildman–Crippen MR) is 220 cm³/mol. The van der Waals surface area contributed by atoms with Gasteiger partial charge in [0.15, 0.2) is 0 Å². The molecule has 0 spiro atoms. The number of nitrogens with zero attached hydrogens (tertiary/aromatic N) is 1. The fourth-order valence-electron chi connectivity index (χ4n) is 10.2. The summed E-state index contributed by atoms with van der Waals surface area (Å²) in [4.78, 5) is 2.54. The Labute approximate surface area is 308 Å². The summed E-state index contributed by atoms with van der Waals surface area (Å²) in [5, 5.41) is 2.51. The van der Waals surface area contributed by atoms with Gasteiger partial charge < -0.3 is 4.90 Å². The van der Waals surface area contributed by atoms with Gasteiger partial charge in [0.2, 0.25) is 0 Å². The average Bonchev–Trinajstić information content (AvgIpc) is 3.88. The van der Waals surface area contributed by atoms with E-state index in [1.807, 2.05) is 0 Å². The lowest BCUT2D eigenvalue weighted by Gasteiger charge is -2.31. The smallest absolute Gasteiger partial charge is 0.0546 e. The molecule has 10 rings (SSSR count). The van der Waals surface area contributed by atoms with Gasteiger partial charge in [-0.2, -0.15) is 0 Å². The summed E-state index contributed by atoms with van der Waals surface area (Å²) in [6.07, 6.45) is 5.62. The lowest BCUT2D eigenvalue weighted by Crippen LogP contribution is -2.17. The van der Waals surface area contributed by atoms with E-state index in [0.29, 0.717) is 5.92 Å². The molecular weight excluding hydrogens is 627 g/mol. The van der Waals surface area contributed by atoms with Gasteiger partial charge in [-0.25, -0.2) is 0 Å². The monoisotopic (exact) mass is 671 g/mol. The van der Waals surface area contributed by atoms with Crippen molar-refractivity contribution in [3.63, 3.8) is 0 Å². The van der Waals surface area contributed by atoms with Gasteiger partial charge in [0.1, 0.15) is 0 Å². The van der Waals surface area contributed by atoms with Crippen molar-refractivity contribution in [1.29, 1.82) is 0 Å². The second kappa shape index (κ2) is 12.1. The summed E-state index contributed by atoms with van der Waals surface area (Å²) in [7, 11) is 0. The van der Waals surface area contributed by atoms with Gasteiger partial charge in [-0.3, -0.25) is 0 Å². The van der Waals surface area contributed by atoms with Gasteiger partial charge in [0.05, 0.1) is 5.69 Å². The molecule has 3 atom stereocenters. The Morgan fingerprint density at radius 1 is 0.538 bits per heavy atom. The molecule has 0 saturated heterocycles. The maximum Gasteiger partial charge on any atom is 0.0546 e. The quantitative estimate of drug-likeness (QED) is 0.170. The van der Waals surface area contributed by atoms with E-state index in [0.717, 1.165) is 11.8 Å². The molecule has 7 aromatic carbocycles. The van der Waals surface area contributed by atoms with Gasteiger partial charge in [-0.05, 0) is 141 Å². The zero-order valence-corrected chi connectivity index (χ0v) is 30.4. The first-order chi connectivity index (χ1) is 25.4. The van der Waals surface area contributed by atoms with Crippen molar-refractivity contribution < 1.29 is 0 Å². The van der Waals surface area contributed by atoms with E-state index in [1.165, 1.54) is 109 Å². The third-order valence-corrected chi connectivity index (χ3v) is 12.9.